The summed E-state index contributed by atoms with van der Waals surface area (Å²) in [5.74, 6) is 0.192. The highest BCUT2D eigenvalue weighted by molar-refractivity contribution is 5.94. The van der Waals surface area contributed by atoms with Crippen molar-refractivity contribution < 1.29 is 14.3 Å². The molecule has 6 nitrogen and oxygen atoms in total. The van der Waals surface area contributed by atoms with E-state index in [1.165, 1.54) is 13.3 Å². The topological polar surface area (TPSA) is 90.2 Å². The zero-order chi connectivity index (χ0) is 12.3. The van der Waals surface area contributed by atoms with Gasteiger partial charge in [-0.1, -0.05) is 12.1 Å². The van der Waals surface area contributed by atoms with E-state index in [-0.39, 0.29) is 11.4 Å². The minimum atomic E-state index is -0.607. The van der Waals surface area contributed by atoms with E-state index in [0.717, 1.165) is 0 Å². The van der Waals surface area contributed by atoms with Crippen LogP contribution in [0, 0.1) is 0 Å². The number of aromatic amines is 1. The Balaban J connectivity index is 2.22. The van der Waals surface area contributed by atoms with Crippen LogP contribution in [0.5, 0.6) is 11.5 Å². The number of H-pyrrole nitrogens is 1. The smallest absolute Gasteiger partial charge is 0.364 e. The molecule has 88 valence electrons. The average molecular weight is 233 g/mol. The van der Waals surface area contributed by atoms with Gasteiger partial charge in [-0.05, 0) is 12.1 Å². The maximum absolute atomic E-state index is 11.7. The highest BCUT2D eigenvalue weighted by Crippen LogP contribution is 2.26. The number of aromatic nitrogens is 2. The van der Waals surface area contributed by atoms with Crippen molar-refractivity contribution in [1.29, 1.82) is 0 Å². The second kappa shape index (κ2) is 4.56. The first kappa shape index (κ1) is 11.0. The number of nitrogens with one attached hydrogen (secondary N) is 1. The first-order valence-corrected chi connectivity index (χ1v) is 4.86. The van der Waals surface area contributed by atoms with E-state index in [1.807, 2.05) is 0 Å². The number of benzene rings is 1. The summed E-state index contributed by atoms with van der Waals surface area (Å²) in [5.41, 5.74) is 5.90. The van der Waals surface area contributed by atoms with Crippen molar-refractivity contribution in [1.82, 2.24) is 10.2 Å². The lowest BCUT2D eigenvalue weighted by molar-refractivity contribution is 0.0724. The summed E-state index contributed by atoms with van der Waals surface area (Å²) >= 11 is 0. The largest absolute Gasteiger partial charge is 0.493 e. The zero-order valence-corrected chi connectivity index (χ0v) is 9.14. The van der Waals surface area contributed by atoms with Gasteiger partial charge in [-0.25, -0.2) is 4.79 Å². The van der Waals surface area contributed by atoms with Crippen molar-refractivity contribution in [2.24, 2.45) is 0 Å². The summed E-state index contributed by atoms with van der Waals surface area (Å²) in [7, 11) is 1.50. The second-order valence-electron chi connectivity index (χ2n) is 3.24. The van der Waals surface area contributed by atoms with Crippen LogP contribution in [0.2, 0.25) is 0 Å². The maximum atomic E-state index is 11.7. The minimum Gasteiger partial charge on any atom is -0.493 e. The fourth-order valence-corrected chi connectivity index (χ4v) is 1.31. The van der Waals surface area contributed by atoms with Gasteiger partial charge in [0.2, 0.25) is 0 Å². The van der Waals surface area contributed by atoms with Crippen LogP contribution >= 0.6 is 0 Å². The SMILES string of the molecule is COc1ccccc1OC(=O)c1[nH]ncc1N. The summed E-state index contributed by atoms with van der Waals surface area (Å²) in [6, 6.07) is 6.84. The first-order chi connectivity index (χ1) is 8.22. The Labute approximate surface area is 97.3 Å². The number of methoxy groups -OCH3 is 1. The van der Waals surface area contributed by atoms with E-state index in [9.17, 15) is 4.79 Å². The monoisotopic (exact) mass is 233 g/mol. The van der Waals surface area contributed by atoms with Crippen molar-refractivity contribution in [3.63, 3.8) is 0 Å². The number of ether oxygens (including phenoxy) is 2. The molecule has 2 rings (SSSR count). The molecule has 0 radical (unpaired) electrons. The van der Waals surface area contributed by atoms with E-state index in [1.54, 1.807) is 24.3 Å². The molecule has 0 aliphatic heterocycles. The lowest BCUT2D eigenvalue weighted by Gasteiger charge is -2.07. The number of carbonyl (C=O) groups is 1. The van der Waals surface area contributed by atoms with E-state index >= 15 is 0 Å². The fourth-order valence-electron chi connectivity index (χ4n) is 1.31. The summed E-state index contributed by atoms with van der Waals surface area (Å²) < 4.78 is 10.2. The van der Waals surface area contributed by atoms with Gasteiger partial charge in [-0.3, -0.25) is 5.10 Å². The number of para-hydroxylation sites is 2. The molecule has 17 heavy (non-hydrogen) atoms. The average Bonchev–Trinajstić information content (AvgIpc) is 2.76. The Morgan fingerprint density at radius 3 is 2.65 bits per heavy atom. The number of carbonyl (C=O) groups excluding carboxylic acids is 1. The third-order valence-electron chi connectivity index (χ3n) is 2.14. The van der Waals surface area contributed by atoms with Crippen molar-refractivity contribution in [3.8, 4) is 11.5 Å². The van der Waals surface area contributed by atoms with Crippen LogP contribution < -0.4 is 15.2 Å². The predicted octanol–water partition coefficient (Wildman–Crippen LogP) is 1.22. The molecule has 0 fully saturated rings. The highest BCUT2D eigenvalue weighted by Gasteiger charge is 2.16. The quantitative estimate of drug-likeness (QED) is 0.614. The summed E-state index contributed by atoms with van der Waals surface area (Å²) in [6.45, 7) is 0. The molecule has 1 aromatic heterocycles. The zero-order valence-electron chi connectivity index (χ0n) is 9.14. The third kappa shape index (κ3) is 2.20. The van der Waals surface area contributed by atoms with Gasteiger partial charge in [0.25, 0.3) is 0 Å². The van der Waals surface area contributed by atoms with Crippen LogP contribution in [0.3, 0.4) is 0 Å². The van der Waals surface area contributed by atoms with Crippen molar-refractivity contribution in [2.75, 3.05) is 12.8 Å². The second-order valence-corrected chi connectivity index (χ2v) is 3.24. The molecule has 2 aromatic rings. The maximum Gasteiger partial charge on any atom is 0.364 e. The van der Waals surface area contributed by atoms with Gasteiger partial charge in [-0.2, -0.15) is 5.10 Å². The van der Waals surface area contributed by atoms with Gasteiger partial charge in [0.1, 0.15) is 0 Å². The normalized spacial score (nSPS) is 9.94. The van der Waals surface area contributed by atoms with Gasteiger partial charge in [0.05, 0.1) is 19.0 Å². The molecule has 6 heteroatoms. The summed E-state index contributed by atoms with van der Waals surface area (Å²) in [4.78, 5) is 11.7. The number of nitrogens with zero attached hydrogens (tertiary/aromatic N) is 1. The number of anilines is 1. The van der Waals surface area contributed by atoms with Crippen LogP contribution in [0.25, 0.3) is 0 Å². The van der Waals surface area contributed by atoms with E-state index in [0.29, 0.717) is 11.5 Å². The molecule has 0 bridgehead atoms. The highest BCUT2D eigenvalue weighted by atomic mass is 16.6. The van der Waals surface area contributed by atoms with Gasteiger partial charge < -0.3 is 15.2 Å². The summed E-state index contributed by atoms with van der Waals surface area (Å²) in [5, 5.41) is 6.12. The Morgan fingerprint density at radius 2 is 2.06 bits per heavy atom. The molecule has 3 N–H and O–H groups in total. The molecule has 0 spiro atoms. The minimum absolute atomic E-state index is 0.121. The molecule has 0 saturated heterocycles. The lowest BCUT2D eigenvalue weighted by atomic mass is 10.3. The van der Waals surface area contributed by atoms with Gasteiger partial charge in [0, 0.05) is 0 Å². The van der Waals surface area contributed by atoms with E-state index < -0.39 is 5.97 Å². The Bertz CT molecular complexity index is 536. The number of rotatable bonds is 3. The number of nitrogen functional groups attached to an aromatic ring is 1. The predicted molar refractivity (Wildman–Crippen MR) is 61.0 cm³/mol. The molecule has 1 heterocycles. The van der Waals surface area contributed by atoms with Crippen LogP contribution in [0.4, 0.5) is 5.69 Å². The number of hydrogen-bond donors (Lipinski definition) is 2. The molecule has 0 aliphatic carbocycles. The van der Waals surface area contributed by atoms with Crippen LogP contribution in [0.1, 0.15) is 10.5 Å². The standard InChI is InChI=1S/C11H11N3O3/c1-16-8-4-2-3-5-9(8)17-11(15)10-7(12)6-13-14-10/h2-6H,12H2,1H3,(H,13,14). The van der Waals surface area contributed by atoms with Crippen LogP contribution in [-0.4, -0.2) is 23.3 Å². The first-order valence-electron chi connectivity index (χ1n) is 4.86. The van der Waals surface area contributed by atoms with E-state index in [4.69, 9.17) is 15.2 Å². The number of nitrogens with two attached hydrogens (primary N) is 1. The fraction of sp³-hybridized carbons (Fsp3) is 0.0909. The molecular formula is C11H11N3O3. The van der Waals surface area contributed by atoms with Crippen LogP contribution in [-0.2, 0) is 0 Å². The van der Waals surface area contributed by atoms with Crippen LogP contribution in [0.15, 0.2) is 30.5 Å². The molecule has 0 saturated carbocycles. The Morgan fingerprint density at radius 1 is 1.35 bits per heavy atom. The summed E-state index contributed by atoms with van der Waals surface area (Å²) in [6.07, 6.45) is 1.35. The Kier molecular flexibility index (Phi) is 2.95. The number of hydrogen-bond acceptors (Lipinski definition) is 5. The molecule has 0 amide bonds. The molecule has 1 aromatic carbocycles. The number of esters is 1. The third-order valence-corrected chi connectivity index (χ3v) is 2.14. The Hall–Kier alpha value is -2.50. The van der Waals surface area contributed by atoms with Gasteiger partial charge >= 0.3 is 5.97 Å². The van der Waals surface area contributed by atoms with Crippen molar-refractivity contribution in [2.45, 2.75) is 0 Å². The molecular weight excluding hydrogens is 222 g/mol. The molecule has 0 aliphatic rings. The van der Waals surface area contributed by atoms with Gasteiger partial charge in [0.15, 0.2) is 17.2 Å². The molecule has 0 atom stereocenters. The molecule has 0 unspecified atom stereocenters. The van der Waals surface area contributed by atoms with E-state index in [2.05, 4.69) is 10.2 Å². The van der Waals surface area contributed by atoms with Crippen molar-refractivity contribution >= 4 is 11.7 Å². The van der Waals surface area contributed by atoms with Crippen molar-refractivity contribution in [3.05, 3.63) is 36.2 Å². The van der Waals surface area contributed by atoms with Gasteiger partial charge in [-0.15, -0.1) is 0 Å². The lowest BCUT2D eigenvalue weighted by Crippen LogP contribution is -2.11.